The average Bonchev–Trinajstić information content (AvgIpc) is 2.41. The van der Waals surface area contributed by atoms with E-state index in [9.17, 15) is 14.5 Å². The highest BCUT2D eigenvalue weighted by Gasteiger charge is 2.17. The molecule has 2 aromatic rings. The number of aromatic hydroxyl groups is 1. The van der Waals surface area contributed by atoms with Gasteiger partial charge in [0.15, 0.2) is 0 Å². The minimum absolute atomic E-state index is 0.0617. The molecule has 7 nitrogen and oxygen atoms in total. The van der Waals surface area contributed by atoms with Crippen LogP contribution in [0.5, 0.6) is 5.75 Å². The van der Waals surface area contributed by atoms with Crippen molar-refractivity contribution in [3.05, 3.63) is 48.0 Å². The minimum atomic E-state index is -4.38. The Bertz CT molecular complexity index is 741. The van der Waals surface area contributed by atoms with Crippen LogP contribution in [-0.4, -0.2) is 20.8 Å². The molecule has 110 valence electrons. The van der Waals surface area contributed by atoms with Crippen molar-refractivity contribution in [2.75, 3.05) is 11.1 Å². The van der Waals surface area contributed by atoms with Crippen LogP contribution >= 0.6 is 7.60 Å². The van der Waals surface area contributed by atoms with E-state index in [-0.39, 0.29) is 28.0 Å². The molecule has 2 rings (SSSR count). The van der Waals surface area contributed by atoms with Gasteiger partial charge in [-0.3, -0.25) is 9.36 Å². The zero-order valence-corrected chi connectivity index (χ0v) is 11.6. The van der Waals surface area contributed by atoms with Gasteiger partial charge in [-0.05, 0) is 36.4 Å². The van der Waals surface area contributed by atoms with Crippen molar-refractivity contribution in [3.63, 3.8) is 0 Å². The van der Waals surface area contributed by atoms with Gasteiger partial charge in [-0.25, -0.2) is 0 Å². The Balaban J connectivity index is 2.23. The number of phenols is 1. The van der Waals surface area contributed by atoms with Crippen LogP contribution in [0.1, 0.15) is 10.4 Å². The van der Waals surface area contributed by atoms with Gasteiger partial charge < -0.3 is 25.9 Å². The average molecular weight is 308 g/mol. The lowest BCUT2D eigenvalue weighted by atomic mass is 10.1. The van der Waals surface area contributed by atoms with Crippen molar-refractivity contribution in [2.45, 2.75) is 0 Å². The Kier molecular flexibility index (Phi) is 3.99. The van der Waals surface area contributed by atoms with Crippen molar-refractivity contribution in [3.8, 4) is 5.75 Å². The van der Waals surface area contributed by atoms with Gasteiger partial charge >= 0.3 is 7.60 Å². The fourth-order valence-electron chi connectivity index (χ4n) is 1.66. The summed E-state index contributed by atoms with van der Waals surface area (Å²) in [7, 11) is -4.38. The number of rotatable bonds is 3. The second-order valence-electron chi connectivity index (χ2n) is 4.32. The van der Waals surface area contributed by atoms with Crippen molar-refractivity contribution in [1.29, 1.82) is 0 Å². The molecule has 6 N–H and O–H groups in total. The molecule has 0 saturated heterocycles. The van der Waals surface area contributed by atoms with Crippen LogP contribution < -0.4 is 16.4 Å². The molecular formula is C13H13N2O5P. The molecule has 0 atom stereocenters. The SMILES string of the molecule is Nc1cc(C(=O)Nc2cccc(P(=O)(O)O)c2)ccc1O. The van der Waals surface area contributed by atoms with E-state index in [0.717, 1.165) is 0 Å². The van der Waals surface area contributed by atoms with E-state index in [1.807, 2.05) is 0 Å². The van der Waals surface area contributed by atoms with Gasteiger partial charge in [0.2, 0.25) is 0 Å². The van der Waals surface area contributed by atoms with Gasteiger partial charge in [0, 0.05) is 11.3 Å². The highest BCUT2D eigenvalue weighted by molar-refractivity contribution is 7.60. The molecule has 2 aromatic carbocycles. The second-order valence-corrected chi connectivity index (χ2v) is 5.93. The highest BCUT2D eigenvalue weighted by atomic mass is 31.2. The van der Waals surface area contributed by atoms with Crippen LogP contribution in [0.15, 0.2) is 42.5 Å². The molecule has 0 radical (unpaired) electrons. The fourth-order valence-corrected chi connectivity index (χ4v) is 2.25. The zero-order chi connectivity index (χ0) is 15.6. The van der Waals surface area contributed by atoms with E-state index >= 15 is 0 Å². The Morgan fingerprint density at radius 2 is 1.86 bits per heavy atom. The monoisotopic (exact) mass is 308 g/mol. The number of anilines is 2. The van der Waals surface area contributed by atoms with E-state index in [1.54, 1.807) is 0 Å². The number of amides is 1. The van der Waals surface area contributed by atoms with Gasteiger partial charge in [-0.1, -0.05) is 6.07 Å². The van der Waals surface area contributed by atoms with Gasteiger partial charge in [0.05, 0.1) is 11.0 Å². The summed E-state index contributed by atoms with van der Waals surface area (Å²) in [6.45, 7) is 0. The van der Waals surface area contributed by atoms with E-state index in [0.29, 0.717) is 0 Å². The third kappa shape index (κ3) is 3.61. The Morgan fingerprint density at radius 3 is 2.48 bits per heavy atom. The number of nitrogens with two attached hydrogens (primary N) is 1. The third-order valence-electron chi connectivity index (χ3n) is 2.73. The number of carbonyl (C=O) groups is 1. The fraction of sp³-hybridized carbons (Fsp3) is 0. The zero-order valence-electron chi connectivity index (χ0n) is 10.7. The number of hydrogen-bond acceptors (Lipinski definition) is 4. The van der Waals surface area contributed by atoms with Gasteiger partial charge in [-0.2, -0.15) is 0 Å². The highest BCUT2D eigenvalue weighted by Crippen LogP contribution is 2.33. The molecule has 0 aliphatic rings. The Hall–Kier alpha value is -2.34. The van der Waals surface area contributed by atoms with E-state index < -0.39 is 13.5 Å². The molecular weight excluding hydrogens is 295 g/mol. The number of nitrogens with one attached hydrogen (secondary N) is 1. The molecule has 0 spiro atoms. The Labute approximate surface area is 120 Å². The molecule has 0 aliphatic heterocycles. The van der Waals surface area contributed by atoms with Crippen molar-refractivity contribution in [2.24, 2.45) is 0 Å². The van der Waals surface area contributed by atoms with Gasteiger partial charge in [0.25, 0.3) is 5.91 Å². The number of benzene rings is 2. The maximum atomic E-state index is 12.0. The largest absolute Gasteiger partial charge is 0.506 e. The van der Waals surface area contributed by atoms with Crippen LogP contribution in [0.2, 0.25) is 0 Å². The van der Waals surface area contributed by atoms with Crippen LogP contribution in [-0.2, 0) is 4.57 Å². The molecule has 0 saturated carbocycles. The summed E-state index contributed by atoms with van der Waals surface area (Å²) in [4.78, 5) is 30.2. The number of phenolic OH excluding ortho intramolecular Hbond substituents is 1. The van der Waals surface area contributed by atoms with E-state index in [4.69, 9.17) is 15.5 Å². The van der Waals surface area contributed by atoms with Crippen molar-refractivity contribution >= 4 is 30.2 Å². The molecule has 0 aliphatic carbocycles. The summed E-state index contributed by atoms with van der Waals surface area (Å²) >= 11 is 0. The maximum Gasteiger partial charge on any atom is 0.356 e. The molecule has 0 heterocycles. The summed E-state index contributed by atoms with van der Waals surface area (Å²) in [6, 6.07) is 9.37. The summed E-state index contributed by atoms with van der Waals surface area (Å²) in [5.74, 6) is -0.639. The molecule has 8 heteroatoms. The summed E-state index contributed by atoms with van der Waals surface area (Å²) < 4.78 is 11.2. The number of nitrogen functional groups attached to an aromatic ring is 1. The number of carbonyl (C=O) groups excluding carboxylic acids is 1. The predicted molar refractivity (Wildman–Crippen MR) is 78.6 cm³/mol. The van der Waals surface area contributed by atoms with Crippen LogP contribution in [0.4, 0.5) is 11.4 Å². The molecule has 0 bridgehead atoms. The van der Waals surface area contributed by atoms with Crippen molar-refractivity contribution < 1.29 is 24.3 Å². The lowest BCUT2D eigenvalue weighted by molar-refractivity contribution is 0.102. The quantitative estimate of drug-likeness (QED) is 0.327. The molecule has 0 unspecified atom stereocenters. The standard InChI is InChI=1S/C13H13N2O5P/c14-11-6-8(4-5-12(11)16)13(17)15-9-2-1-3-10(7-9)21(18,19)20/h1-7,16H,14H2,(H,15,17)(H2,18,19,20). The number of hydrogen-bond donors (Lipinski definition) is 5. The first-order valence-electron chi connectivity index (χ1n) is 5.83. The summed E-state index contributed by atoms with van der Waals surface area (Å²) in [5, 5.41) is 11.6. The summed E-state index contributed by atoms with van der Waals surface area (Å²) in [5.41, 5.74) is 6.02. The summed E-state index contributed by atoms with van der Waals surface area (Å²) in [6.07, 6.45) is 0. The first kappa shape index (κ1) is 15.1. The third-order valence-corrected chi connectivity index (χ3v) is 3.68. The smallest absolute Gasteiger partial charge is 0.356 e. The maximum absolute atomic E-state index is 12.0. The van der Waals surface area contributed by atoms with Crippen LogP contribution in [0.25, 0.3) is 0 Å². The predicted octanol–water partition coefficient (Wildman–Crippen LogP) is 1.03. The Morgan fingerprint density at radius 1 is 1.14 bits per heavy atom. The molecule has 0 aromatic heterocycles. The lowest BCUT2D eigenvalue weighted by Crippen LogP contribution is -2.14. The van der Waals surface area contributed by atoms with E-state index in [2.05, 4.69) is 5.32 Å². The second kappa shape index (κ2) is 5.57. The molecule has 21 heavy (non-hydrogen) atoms. The minimum Gasteiger partial charge on any atom is -0.506 e. The normalized spacial score (nSPS) is 11.1. The van der Waals surface area contributed by atoms with Gasteiger partial charge in [0.1, 0.15) is 5.75 Å². The van der Waals surface area contributed by atoms with Gasteiger partial charge in [-0.15, -0.1) is 0 Å². The molecule has 1 amide bonds. The van der Waals surface area contributed by atoms with Crippen molar-refractivity contribution in [1.82, 2.24) is 0 Å². The lowest BCUT2D eigenvalue weighted by Gasteiger charge is -2.09. The van der Waals surface area contributed by atoms with Crippen LogP contribution in [0, 0.1) is 0 Å². The first-order valence-corrected chi connectivity index (χ1v) is 7.44. The van der Waals surface area contributed by atoms with E-state index in [1.165, 1.54) is 42.5 Å². The molecule has 0 fully saturated rings. The van der Waals surface area contributed by atoms with Crippen LogP contribution in [0.3, 0.4) is 0 Å². The first-order chi connectivity index (χ1) is 9.77. The topological polar surface area (TPSA) is 133 Å².